The van der Waals surface area contributed by atoms with Gasteiger partial charge in [-0.05, 0) is 51.4 Å². The summed E-state index contributed by atoms with van der Waals surface area (Å²) in [6.07, 6.45) is 26.8. The molecule has 12 N–H and O–H groups in total. The third-order valence-electron chi connectivity index (χ3n) is 16.7. The van der Waals surface area contributed by atoms with Crippen molar-refractivity contribution in [2.75, 3.05) is 26.4 Å². The van der Waals surface area contributed by atoms with Crippen LogP contribution in [0.3, 0.4) is 0 Å². The fourth-order valence-electron chi connectivity index (χ4n) is 11.3. The molecule has 0 aliphatic carbocycles. The van der Waals surface area contributed by atoms with Gasteiger partial charge in [-0.3, -0.25) is 4.79 Å². The number of carbonyl (C=O) groups is 1. The summed E-state index contributed by atoms with van der Waals surface area (Å²) in [5, 5.41) is 120. The first-order chi connectivity index (χ1) is 40.8. The lowest BCUT2D eigenvalue weighted by molar-refractivity contribution is -0.379. The van der Waals surface area contributed by atoms with Crippen LogP contribution in [0.5, 0.6) is 0 Å². The van der Waals surface area contributed by atoms with Crippen molar-refractivity contribution in [3.8, 4) is 0 Å². The number of hydrogen-bond donors (Lipinski definition) is 12. The van der Waals surface area contributed by atoms with Gasteiger partial charge in [0.2, 0.25) is 5.91 Å². The Morgan fingerprint density at radius 2 is 0.786 bits per heavy atom. The van der Waals surface area contributed by atoms with E-state index in [1.54, 1.807) is 0 Å². The standard InChI is InChI=1S/C65H119NO18/c1-3-5-7-9-11-13-15-16-17-18-19-20-21-22-23-24-25-26-27-28-29-30-31-32-33-35-37-39-41-43-53(71)66-48(49(70)42-40-38-36-34-14-12-10-8-6-4-2)47-79-63-59(77)56(74)61(51(45-68)81-63)84-65-60(78)57(75)62(52(46-69)82-65)83-64-58(76)55(73)54(72)50(44-67)80-64/h15-16,18-19,21-22,48-52,54-65,67-70,72-78H,3-14,17,20,23-47H2,1-2H3,(H,66,71)/b16-15-,19-18-,22-21-. The summed E-state index contributed by atoms with van der Waals surface area (Å²) < 4.78 is 34.3. The molecule has 492 valence electrons. The zero-order valence-corrected chi connectivity index (χ0v) is 51.6. The van der Waals surface area contributed by atoms with E-state index in [2.05, 4.69) is 55.6 Å². The molecule has 3 rings (SSSR count). The van der Waals surface area contributed by atoms with E-state index in [9.17, 15) is 61.0 Å². The molecular weight excluding hydrogens is 1080 g/mol. The number of carbonyl (C=O) groups excluding carboxylic acids is 1. The second-order valence-electron chi connectivity index (χ2n) is 23.9. The van der Waals surface area contributed by atoms with Gasteiger partial charge < -0.3 is 89.9 Å². The first-order valence-electron chi connectivity index (χ1n) is 33.2. The maximum atomic E-state index is 13.4. The van der Waals surface area contributed by atoms with Gasteiger partial charge >= 0.3 is 0 Å². The molecule has 0 aromatic carbocycles. The molecule has 0 spiro atoms. The van der Waals surface area contributed by atoms with Crippen molar-refractivity contribution in [2.24, 2.45) is 0 Å². The molecule has 0 bridgehead atoms. The molecule has 0 aromatic rings. The molecule has 3 aliphatic heterocycles. The second kappa shape index (κ2) is 47.9. The summed E-state index contributed by atoms with van der Waals surface area (Å²) in [4.78, 5) is 13.4. The van der Waals surface area contributed by atoms with Crippen molar-refractivity contribution in [3.05, 3.63) is 36.5 Å². The number of aliphatic hydroxyl groups excluding tert-OH is 11. The highest BCUT2D eigenvalue weighted by atomic mass is 16.8. The summed E-state index contributed by atoms with van der Waals surface area (Å²) in [6, 6.07) is -0.885. The third-order valence-corrected chi connectivity index (χ3v) is 16.7. The van der Waals surface area contributed by atoms with Crippen molar-refractivity contribution in [2.45, 2.75) is 343 Å². The van der Waals surface area contributed by atoms with Gasteiger partial charge in [0.25, 0.3) is 0 Å². The fraction of sp³-hybridized carbons (Fsp3) is 0.892. The molecule has 3 saturated heterocycles. The summed E-state index contributed by atoms with van der Waals surface area (Å²) >= 11 is 0. The number of ether oxygens (including phenoxy) is 6. The predicted molar refractivity (Wildman–Crippen MR) is 323 cm³/mol. The normalized spacial score (nSPS) is 29.4. The average molecular weight is 1200 g/mol. The largest absolute Gasteiger partial charge is 0.394 e. The Labute approximate surface area is 504 Å². The number of allylic oxidation sites excluding steroid dienone is 6. The first kappa shape index (κ1) is 76.3. The van der Waals surface area contributed by atoms with Crippen molar-refractivity contribution in [1.29, 1.82) is 0 Å². The van der Waals surface area contributed by atoms with E-state index in [4.69, 9.17) is 28.4 Å². The van der Waals surface area contributed by atoms with Gasteiger partial charge in [-0.15, -0.1) is 0 Å². The predicted octanol–water partition coefficient (Wildman–Crippen LogP) is 7.66. The highest BCUT2D eigenvalue weighted by Gasteiger charge is 2.53. The molecular formula is C65H119NO18. The van der Waals surface area contributed by atoms with Gasteiger partial charge in [0.05, 0.1) is 38.6 Å². The lowest BCUT2D eigenvalue weighted by Crippen LogP contribution is -2.66. The molecule has 17 atom stereocenters. The molecule has 17 unspecified atom stereocenters. The highest BCUT2D eigenvalue weighted by molar-refractivity contribution is 5.76. The van der Waals surface area contributed by atoms with Crippen LogP contribution in [0.4, 0.5) is 0 Å². The van der Waals surface area contributed by atoms with Gasteiger partial charge in [-0.25, -0.2) is 0 Å². The Bertz CT molecular complexity index is 1670. The van der Waals surface area contributed by atoms with E-state index in [0.717, 1.165) is 57.8 Å². The van der Waals surface area contributed by atoms with Gasteiger partial charge in [0.15, 0.2) is 18.9 Å². The van der Waals surface area contributed by atoms with E-state index in [0.29, 0.717) is 12.8 Å². The first-order valence-corrected chi connectivity index (χ1v) is 33.2. The van der Waals surface area contributed by atoms with Crippen LogP contribution in [0.25, 0.3) is 0 Å². The van der Waals surface area contributed by atoms with Gasteiger partial charge in [0.1, 0.15) is 73.2 Å². The highest BCUT2D eigenvalue weighted by Crippen LogP contribution is 2.33. The minimum Gasteiger partial charge on any atom is -0.394 e. The van der Waals surface area contributed by atoms with Gasteiger partial charge in [-0.2, -0.15) is 0 Å². The molecule has 19 heteroatoms. The van der Waals surface area contributed by atoms with E-state index < -0.39 is 124 Å². The van der Waals surface area contributed by atoms with Crippen molar-refractivity contribution < 1.29 is 89.4 Å². The van der Waals surface area contributed by atoms with Crippen LogP contribution in [-0.2, 0) is 33.2 Å². The zero-order chi connectivity index (χ0) is 61.2. The maximum Gasteiger partial charge on any atom is 0.220 e. The summed E-state index contributed by atoms with van der Waals surface area (Å²) in [5.41, 5.74) is 0. The van der Waals surface area contributed by atoms with Crippen LogP contribution in [0.1, 0.15) is 239 Å². The van der Waals surface area contributed by atoms with Gasteiger partial charge in [0, 0.05) is 6.42 Å². The molecule has 1 amide bonds. The van der Waals surface area contributed by atoms with E-state index in [1.165, 1.54) is 148 Å². The minimum absolute atomic E-state index is 0.245. The number of aliphatic hydroxyl groups is 11. The summed E-state index contributed by atoms with van der Waals surface area (Å²) in [7, 11) is 0. The van der Waals surface area contributed by atoms with Crippen LogP contribution in [0.2, 0.25) is 0 Å². The molecule has 84 heavy (non-hydrogen) atoms. The molecule has 3 heterocycles. The van der Waals surface area contributed by atoms with Crippen LogP contribution in [0.15, 0.2) is 36.5 Å². The Morgan fingerprint density at radius 3 is 1.23 bits per heavy atom. The van der Waals surface area contributed by atoms with Crippen LogP contribution in [-0.4, -0.2) is 193 Å². The monoisotopic (exact) mass is 1200 g/mol. The number of amides is 1. The number of unbranched alkanes of at least 4 members (excludes halogenated alkanes) is 28. The Hall–Kier alpha value is -1.99. The van der Waals surface area contributed by atoms with E-state index >= 15 is 0 Å². The lowest BCUT2D eigenvalue weighted by Gasteiger charge is -2.48. The van der Waals surface area contributed by atoms with Crippen molar-refractivity contribution in [3.63, 3.8) is 0 Å². The smallest absolute Gasteiger partial charge is 0.220 e. The van der Waals surface area contributed by atoms with Crippen LogP contribution < -0.4 is 5.32 Å². The average Bonchev–Trinajstić information content (AvgIpc) is 2.80. The minimum atomic E-state index is -1.97. The van der Waals surface area contributed by atoms with Gasteiger partial charge in [-0.1, -0.05) is 217 Å². The summed E-state index contributed by atoms with van der Waals surface area (Å²) in [6.45, 7) is 1.76. The topological polar surface area (TPSA) is 307 Å². The maximum absolute atomic E-state index is 13.4. The second-order valence-corrected chi connectivity index (χ2v) is 23.9. The van der Waals surface area contributed by atoms with E-state index in [-0.39, 0.29) is 18.9 Å². The molecule has 0 aromatic heterocycles. The van der Waals surface area contributed by atoms with Crippen LogP contribution >= 0.6 is 0 Å². The zero-order valence-electron chi connectivity index (χ0n) is 51.6. The Kier molecular flexibility index (Phi) is 43.5. The lowest BCUT2D eigenvalue weighted by atomic mass is 9.96. The number of rotatable bonds is 50. The van der Waals surface area contributed by atoms with Crippen molar-refractivity contribution in [1.82, 2.24) is 5.32 Å². The van der Waals surface area contributed by atoms with Crippen molar-refractivity contribution >= 4 is 5.91 Å². The SMILES string of the molecule is CCCCCCC/C=C\C/C=C\C/C=C\CCCCCCCCCCCCCCCCC(=O)NC(COC1OC(CO)C(OC2OC(CO)C(OC3OC(CO)C(O)C(O)C3O)C(O)C2O)C(O)C1O)C(O)CCCCCCCCCCCC. The fourth-order valence-corrected chi connectivity index (χ4v) is 11.3. The quantitative estimate of drug-likeness (QED) is 0.0205. The third kappa shape index (κ3) is 30.5. The molecule has 3 aliphatic rings. The Balaban J connectivity index is 1.37. The molecule has 0 radical (unpaired) electrons. The molecule has 0 saturated carbocycles. The number of nitrogens with one attached hydrogen (secondary N) is 1. The number of hydrogen-bond acceptors (Lipinski definition) is 18. The molecule has 19 nitrogen and oxygen atoms in total. The summed E-state index contributed by atoms with van der Waals surface area (Å²) in [5.74, 6) is -0.245. The van der Waals surface area contributed by atoms with Crippen LogP contribution in [0, 0.1) is 0 Å². The van der Waals surface area contributed by atoms with E-state index in [1.807, 2.05) is 0 Å². The molecule has 3 fully saturated rings. The Morgan fingerprint density at radius 1 is 0.429 bits per heavy atom.